The average Bonchev–Trinajstić information content (AvgIpc) is 2.28. The van der Waals surface area contributed by atoms with Crippen LogP contribution in [-0.4, -0.2) is 11.7 Å². The van der Waals surface area contributed by atoms with Gasteiger partial charge in [0.15, 0.2) is 0 Å². The van der Waals surface area contributed by atoms with Crippen molar-refractivity contribution in [3.8, 4) is 11.8 Å². The molecule has 0 radical (unpaired) electrons. The van der Waals surface area contributed by atoms with Crippen LogP contribution in [0.15, 0.2) is 30.3 Å². The number of aliphatic hydroxyl groups excluding tert-OH is 1. The number of hydrogen-bond donors (Lipinski definition) is 1. The third-order valence-electron chi connectivity index (χ3n) is 2.28. The second kappa shape index (κ2) is 7.09. The van der Waals surface area contributed by atoms with Crippen LogP contribution in [0.25, 0.3) is 0 Å². The summed E-state index contributed by atoms with van der Waals surface area (Å²) in [6.45, 7) is 2.42. The maximum Gasteiger partial charge on any atom is 0.0431 e. The maximum absolute atomic E-state index is 8.65. The van der Waals surface area contributed by atoms with Gasteiger partial charge in [-0.3, -0.25) is 0 Å². The highest BCUT2D eigenvalue weighted by Gasteiger charge is 1.96. The minimum atomic E-state index is 0.291. The van der Waals surface area contributed by atoms with Crippen molar-refractivity contribution in [1.82, 2.24) is 0 Å². The normalized spacial score (nSPS) is 11.6. The SMILES string of the molecule is CC(C#Cc1ccccc1)CCCCO. The predicted molar refractivity (Wildman–Crippen MR) is 63.4 cm³/mol. The van der Waals surface area contributed by atoms with E-state index in [2.05, 4.69) is 18.8 Å². The maximum atomic E-state index is 8.65. The number of unbranched alkanes of at least 4 members (excludes halogenated alkanes) is 1. The lowest BCUT2D eigenvalue weighted by molar-refractivity contribution is 0.281. The fraction of sp³-hybridized carbons (Fsp3) is 0.429. The summed E-state index contributed by atoms with van der Waals surface area (Å²) >= 11 is 0. The molecule has 0 aliphatic rings. The smallest absolute Gasteiger partial charge is 0.0431 e. The van der Waals surface area contributed by atoms with Gasteiger partial charge in [-0.1, -0.05) is 37.0 Å². The van der Waals surface area contributed by atoms with Crippen molar-refractivity contribution in [1.29, 1.82) is 0 Å². The second-order valence-corrected chi connectivity index (χ2v) is 3.76. The Balaban J connectivity index is 2.37. The Morgan fingerprint density at radius 1 is 1.20 bits per heavy atom. The zero-order chi connectivity index (χ0) is 10.9. The van der Waals surface area contributed by atoms with Crippen molar-refractivity contribution in [3.05, 3.63) is 35.9 Å². The Morgan fingerprint density at radius 3 is 2.60 bits per heavy atom. The molecule has 80 valence electrons. The topological polar surface area (TPSA) is 20.2 Å². The molecule has 0 saturated carbocycles. The van der Waals surface area contributed by atoms with E-state index >= 15 is 0 Å². The first-order chi connectivity index (χ1) is 7.33. The van der Waals surface area contributed by atoms with Crippen molar-refractivity contribution in [2.45, 2.75) is 26.2 Å². The molecular formula is C14H18O. The van der Waals surface area contributed by atoms with Crippen LogP contribution in [0.3, 0.4) is 0 Å². The van der Waals surface area contributed by atoms with Crippen LogP contribution >= 0.6 is 0 Å². The molecule has 1 unspecified atom stereocenters. The molecule has 0 aliphatic heterocycles. The molecular weight excluding hydrogens is 184 g/mol. The molecule has 1 N–H and O–H groups in total. The Kier molecular flexibility index (Phi) is 5.58. The van der Waals surface area contributed by atoms with Gasteiger partial charge in [0.05, 0.1) is 0 Å². The Bertz CT molecular complexity index is 318. The van der Waals surface area contributed by atoms with Gasteiger partial charge in [-0.15, -0.1) is 0 Å². The van der Waals surface area contributed by atoms with Crippen molar-refractivity contribution in [2.75, 3.05) is 6.61 Å². The number of rotatable bonds is 4. The molecule has 15 heavy (non-hydrogen) atoms. The summed E-state index contributed by atoms with van der Waals surface area (Å²) in [6.07, 6.45) is 3.01. The van der Waals surface area contributed by atoms with E-state index in [0.29, 0.717) is 12.5 Å². The van der Waals surface area contributed by atoms with E-state index < -0.39 is 0 Å². The van der Waals surface area contributed by atoms with Gasteiger partial charge in [0, 0.05) is 18.1 Å². The van der Waals surface area contributed by atoms with E-state index in [0.717, 1.165) is 24.8 Å². The fourth-order valence-corrected chi connectivity index (χ4v) is 1.36. The molecule has 0 amide bonds. The summed E-state index contributed by atoms with van der Waals surface area (Å²) in [6, 6.07) is 10.0. The molecule has 0 spiro atoms. The first-order valence-electron chi connectivity index (χ1n) is 5.50. The third-order valence-corrected chi connectivity index (χ3v) is 2.28. The van der Waals surface area contributed by atoms with Crippen LogP contribution in [-0.2, 0) is 0 Å². The van der Waals surface area contributed by atoms with Crippen LogP contribution in [0.5, 0.6) is 0 Å². The van der Waals surface area contributed by atoms with Gasteiger partial charge >= 0.3 is 0 Å². The van der Waals surface area contributed by atoms with Crippen molar-refractivity contribution in [3.63, 3.8) is 0 Å². The van der Waals surface area contributed by atoms with Gasteiger partial charge in [0.2, 0.25) is 0 Å². The standard InChI is InChI=1S/C14H18O/c1-13(7-5-6-12-15)10-11-14-8-3-2-4-9-14/h2-4,8-9,13,15H,5-7,12H2,1H3. The number of hydrogen-bond acceptors (Lipinski definition) is 1. The first-order valence-corrected chi connectivity index (χ1v) is 5.50. The summed E-state index contributed by atoms with van der Waals surface area (Å²) in [4.78, 5) is 0. The Labute approximate surface area is 92.1 Å². The first kappa shape index (κ1) is 11.8. The van der Waals surface area contributed by atoms with Gasteiger partial charge in [-0.05, 0) is 31.4 Å². The highest BCUT2D eigenvalue weighted by Crippen LogP contribution is 2.06. The zero-order valence-corrected chi connectivity index (χ0v) is 9.24. The minimum absolute atomic E-state index is 0.291. The van der Waals surface area contributed by atoms with Gasteiger partial charge in [0.1, 0.15) is 0 Å². The van der Waals surface area contributed by atoms with Gasteiger partial charge in [-0.2, -0.15) is 0 Å². The highest BCUT2D eigenvalue weighted by molar-refractivity contribution is 5.33. The second-order valence-electron chi connectivity index (χ2n) is 3.76. The quantitative estimate of drug-likeness (QED) is 0.588. The third kappa shape index (κ3) is 5.24. The Hall–Kier alpha value is -1.26. The van der Waals surface area contributed by atoms with Crippen molar-refractivity contribution >= 4 is 0 Å². The summed E-state index contributed by atoms with van der Waals surface area (Å²) < 4.78 is 0. The van der Waals surface area contributed by atoms with Crippen LogP contribution in [0, 0.1) is 17.8 Å². The van der Waals surface area contributed by atoms with Crippen LogP contribution in [0.4, 0.5) is 0 Å². The number of benzene rings is 1. The number of aliphatic hydroxyl groups is 1. The van der Waals surface area contributed by atoms with Crippen molar-refractivity contribution < 1.29 is 5.11 Å². The molecule has 0 aromatic heterocycles. The largest absolute Gasteiger partial charge is 0.396 e. The monoisotopic (exact) mass is 202 g/mol. The molecule has 0 heterocycles. The highest BCUT2D eigenvalue weighted by atomic mass is 16.2. The van der Waals surface area contributed by atoms with Gasteiger partial charge in [0.25, 0.3) is 0 Å². The van der Waals surface area contributed by atoms with Gasteiger partial charge < -0.3 is 5.11 Å². The molecule has 0 saturated heterocycles. The van der Waals surface area contributed by atoms with E-state index in [4.69, 9.17) is 5.11 Å². The molecule has 1 nitrogen and oxygen atoms in total. The summed E-state index contributed by atoms with van der Waals surface area (Å²) in [5.41, 5.74) is 1.08. The summed E-state index contributed by atoms with van der Waals surface area (Å²) in [7, 11) is 0. The summed E-state index contributed by atoms with van der Waals surface area (Å²) in [5.74, 6) is 6.80. The van der Waals surface area contributed by atoms with E-state index in [1.54, 1.807) is 0 Å². The molecule has 0 aliphatic carbocycles. The van der Waals surface area contributed by atoms with Crippen molar-refractivity contribution in [2.24, 2.45) is 5.92 Å². The molecule has 1 aromatic carbocycles. The van der Waals surface area contributed by atoms with E-state index in [1.165, 1.54) is 0 Å². The lowest BCUT2D eigenvalue weighted by Crippen LogP contribution is -1.92. The molecule has 1 atom stereocenters. The predicted octanol–water partition coefficient (Wildman–Crippen LogP) is 2.84. The lowest BCUT2D eigenvalue weighted by Gasteiger charge is -2.01. The molecule has 0 fully saturated rings. The van der Waals surface area contributed by atoms with E-state index in [-0.39, 0.29) is 0 Å². The summed E-state index contributed by atoms with van der Waals surface area (Å²) in [5, 5.41) is 8.65. The van der Waals surface area contributed by atoms with Gasteiger partial charge in [-0.25, -0.2) is 0 Å². The molecule has 0 bridgehead atoms. The Morgan fingerprint density at radius 2 is 1.93 bits per heavy atom. The molecule has 1 heteroatoms. The molecule has 1 rings (SSSR count). The van der Waals surface area contributed by atoms with E-state index in [1.807, 2.05) is 30.3 Å². The minimum Gasteiger partial charge on any atom is -0.396 e. The molecule has 1 aromatic rings. The van der Waals surface area contributed by atoms with Crippen LogP contribution in [0.2, 0.25) is 0 Å². The lowest BCUT2D eigenvalue weighted by atomic mass is 10.0. The average molecular weight is 202 g/mol. The zero-order valence-electron chi connectivity index (χ0n) is 9.24. The van der Waals surface area contributed by atoms with Crippen LogP contribution in [0.1, 0.15) is 31.7 Å². The van der Waals surface area contributed by atoms with Crippen LogP contribution < -0.4 is 0 Å². The fourth-order valence-electron chi connectivity index (χ4n) is 1.36. The van der Waals surface area contributed by atoms with E-state index in [9.17, 15) is 0 Å².